The lowest BCUT2D eigenvalue weighted by molar-refractivity contribution is 0.0457. The molecule has 0 radical (unpaired) electrons. The largest absolute Gasteiger partial charge is 0.385 e. The highest BCUT2D eigenvalue weighted by Gasteiger charge is 2.39. The van der Waals surface area contributed by atoms with E-state index in [2.05, 4.69) is 38.4 Å². The minimum atomic E-state index is -1.47. The highest BCUT2D eigenvalue weighted by atomic mass is 28.3. The Morgan fingerprint density at radius 1 is 1.24 bits per heavy atom. The number of unbranched alkanes of at least 4 members (excludes halogenated alkanes) is 1. The number of hydrogen-bond donors (Lipinski definition) is 1. The molecule has 0 aliphatic heterocycles. The van der Waals surface area contributed by atoms with Gasteiger partial charge in [-0.25, -0.2) is 0 Å². The highest BCUT2D eigenvalue weighted by Crippen LogP contribution is 2.37. The maximum absolute atomic E-state index is 10.9. The van der Waals surface area contributed by atoms with Gasteiger partial charge in [0.15, 0.2) is 0 Å². The summed E-state index contributed by atoms with van der Waals surface area (Å²) in [6, 6.07) is 0. The third kappa shape index (κ3) is 4.13. The minimum Gasteiger partial charge on any atom is -0.385 e. The quantitative estimate of drug-likeness (QED) is 0.579. The van der Waals surface area contributed by atoms with Gasteiger partial charge in [-0.15, -0.1) is 5.73 Å². The van der Waals surface area contributed by atoms with Crippen LogP contribution in [0.2, 0.25) is 19.6 Å². The van der Waals surface area contributed by atoms with Crippen LogP contribution in [0.5, 0.6) is 0 Å². The summed E-state index contributed by atoms with van der Waals surface area (Å²) in [4.78, 5) is 0. The standard InChI is InChI=1S/C15H28OSi/c1-5-6-8-11-14(17(2,3)4)15(16)12-9-7-10-13-15/h8,16H,5-7,9-10,12-13H2,1-4H3. The van der Waals surface area contributed by atoms with Crippen molar-refractivity contribution in [1.29, 1.82) is 0 Å². The van der Waals surface area contributed by atoms with Gasteiger partial charge in [-0.3, -0.25) is 0 Å². The van der Waals surface area contributed by atoms with Gasteiger partial charge in [0.25, 0.3) is 0 Å². The highest BCUT2D eigenvalue weighted by molar-refractivity contribution is 6.83. The van der Waals surface area contributed by atoms with Crippen LogP contribution in [-0.2, 0) is 0 Å². The molecule has 1 aliphatic rings. The van der Waals surface area contributed by atoms with E-state index in [0.717, 1.165) is 25.7 Å². The summed E-state index contributed by atoms with van der Waals surface area (Å²) in [5, 5.41) is 12.1. The zero-order valence-corrected chi connectivity index (χ0v) is 13.0. The molecule has 1 saturated carbocycles. The van der Waals surface area contributed by atoms with Crippen molar-refractivity contribution in [3.05, 3.63) is 17.0 Å². The molecule has 0 heterocycles. The second kappa shape index (κ2) is 6.04. The summed E-state index contributed by atoms with van der Waals surface area (Å²) in [6.07, 6.45) is 9.87. The Labute approximate surface area is 108 Å². The molecule has 2 heteroatoms. The van der Waals surface area contributed by atoms with Crippen LogP contribution in [0.1, 0.15) is 51.9 Å². The Morgan fingerprint density at radius 2 is 1.82 bits per heavy atom. The van der Waals surface area contributed by atoms with Crippen LogP contribution in [0.3, 0.4) is 0 Å². The van der Waals surface area contributed by atoms with E-state index in [4.69, 9.17) is 0 Å². The molecule has 98 valence electrons. The molecule has 0 amide bonds. The maximum atomic E-state index is 10.9. The van der Waals surface area contributed by atoms with Crippen molar-refractivity contribution < 1.29 is 5.11 Å². The Kier molecular flexibility index (Phi) is 5.24. The second-order valence-electron chi connectivity index (χ2n) is 6.35. The van der Waals surface area contributed by atoms with Crippen LogP contribution in [0.4, 0.5) is 0 Å². The van der Waals surface area contributed by atoms with Crippen molar-refractivity contribution in [2.75, 3.05) is 0 Å². The first-order valence-corrected chi connectivity index (χ1v) is 10.6. The van der Waals surface area contributed by atoms with Gasteiger partial charge in [0.05, 0.1) is 13.7 Å². The molecular formula is C15H28OSi. The molecule has 0 aromatic heterocycles. The van der Waals surface area contributed by atoms with Crippen LogP contribution < -0.4 is 0 Å². The predicted molar refractivity (Wildman–Crippen MR) is 77.9 cm³/mol. The molecule has 0 aromatic rings. The van der Waals surface area contributed by atoms with E-state index in [1.165, 1.54) is 24.5 Å². The lowest BCUT2D eigenvalue weighted by Crippen LogP contribution is -2.43. The van der Waals surface area contributed by atoms with Crippen LogP contribution in [-0.4, -0.2) is 18.8 Å². The summed E-state index contributed by atoms with van der Waals surface area (Å²) in [6.45, 7) is 9.15. The van der Waals surface area contributed by atoms with Crippen LogP contribution in [0.25, 0.3) is 0 Å². The van der Waals surface area contributed by atoms with Crippen molar-refractivity contribution in [3.63, 3.8) is 0 Å². The molecule has 0 aromatic carbocycles. The molecule has 1 fully saturated rings. The number of rotatable bonds is 4. The van der Waals surface area contributed by atoms with Crippen molar-refractivity contribution in [1.82, 2.24) is 0 Å². The average molecular weight is 252 g/mol. The van der Waals surface area contributed by atoms with Gasteiger partial charge in [-0.2, -0.15) is 0 Å². The van der Waals surface area contributed by atoms with E-state index in [1.807, 2.05) is 0 Å². The van der Waals surface area contributed by atoms with Gasteiger partial charge >= 0.3 is 0 Å². The Bertz CT molecular complexity index is 299. The minimum absolute atomic E-state index is 0.535. The summed E-state index contributed by atoms with van der Waals surface area (Å²) in [7, 11) is -1.47. The molecular weight excluding hydrogens is 224 g/mol. The second-order valence-corrected chi connectivity index (χ2v) is 11.4. The fraction of sp³-hybridized carbons (Fsp3) is 0.800. The molecule has 1 nitrogen and oxygen atoms in total. The fourth-order valence-corrected chi connectivity index (χ4v) is 4.94. The van der Waals surface area contributed by atoms with E-state index in [9.17, 15) is 5.11 Å². The molecule has 0 atom stereocenters. The number of hydrogen-bond acceptors (Lipinski definition) is 1. The first-order chi connectivity index (χ1) is 7.90. The van der Waals surface area contributed by atoms with Crippen LogP contribution >= 0.6 is 0 Å². The van der Waals surface area contributed by atoms with Gasteiger partial charge in [-0.05, 0) is 30.5 Å². The van der Waals surface area contributed by atoms with Gasteiger partial charge in [0, 0.05) is 0 Å². The van der Waals surface area contributed by atoms with Gasteiger partial charge in [0.1, 0.15) is 0 Å². The zero-order valence-electron chi connectivity index (χ0n) is 12.0. The molecule has 1 N–H and O–H groups in total. The van der Waals surface area contributed by atoms with Gasteiger partial charge in [-0.1, -0.05) is 52.2 Å². The summed E-state index contributed by atoms with van der Waals surface area (Å²) in [5.74, 6) is 0. The smallest absolute Gasteiger partial charge is 0.0893 e. The lowest BCUT2D eigenvalue weighted by atomic mass is 9.84. The van der Waals surface area contributed by atoms with E-state index >= 15 is 0 Å². The monoisotopic (exact) mass is 252 g/mol. The van der Waals surface area contributed by atoms with Crippen molar-refractivity contribution in [2.45, 2.75) is 77.1 Å². The third-order valence-electron chi connectivity index (χ3n) is 3.58. The van der Waals surface area contributed by atoms with E-state index < -0.39 is 13.7 Å². The molecule has 0 bridgehead atoms. The van der Waals surface area contributed by atoms with Crippen molar-refractivity contribution in [2.24, 2.45) is 0 Å². The first-order valence-electron chi connectivity index (χ1n) is 7.08. The van der Waals surface area contributed by atoms with Gasteiger partial charge < -0.3 is 5.11 Å². The normalized spacial score (nSPS) is 19.6. The summed E-state index contributed by atoms with van der Waals surface area (Å²) in [5.41, 5.74) is 2.94. The van der Waals surface area contributed by atoms with Crippen molar-refractivity contribution in [3.8, 4) is 0 Å². The molecule has 1 aliphatic carbocycles. The summed E-state index contributed by atoms with van der Waals surface area (Å²) >= 11 is 0. The van der Waals surface area contributed by atoms with E-state index in [1.54, 1.807) is 0 Å². The molecule has 0 saturated heterocycles. The van der Waals surface area contributed by atoms with Gasteiger partial charge in [0.2, 0.25) is 0 Å². The van der Waals surface area contributed by atoms with Crippen LogP contribution in [0, 0.1) is 0 Å². The lowest BCUT2D eigenvalue weighted by Gasteiger charge is -2.38. The van der Waals surface area contributed by atoms with Crippen LogP contribution in [0.15, 0.2) is 17.0 Å². The first kappa shape index (κ1) is 14.8. The van der Waals surface area contributed by atoms with E-state index in [-0.39, 0.29) is 0 Å². The molecule has 0 unspecified atom stereocenters. The Morgan fingerprint density at radius 3 is 2.29 bits per heavy atom. The topological polar surface area (TPSA) is 20.2 Å². The van der Waals surface area contributed by atoms with Crippen molar-refractivity contribution >= 4 is 8.07 Å². The summed E-state index contributed by atoms with van der Waals surface area (Å²) < 4.78 is 0. The van der Waals surface area contributed by atoms with E-state index in [0.29, 0.717) is 0 Å². The number of aliphatic hydroxyl groups is 1. The fourth-order valence-electron chi connectivity index (χ4n) is 2.75. The molecule has 0 spiro atoms. The third-order valence-corrected chi connectivity index (χ3v) is 5.69. The molecule has 1 rings (SSSR count). The Hall–Kier alpha value is -0.303. The predicted octanol–water partition coefficient (Wildman–Crippen LogP) is 4.44. The SMILES string of the molecule is CCCC=C=C(C1(O)CCCCC1)[Si](C)(C)C. The average Bonchev–Trinajstić information content (AvgIpc) is 2.23. The molecule has 17 heavy (non-hydrogen) atoms. The Balaban J connectivity index is 3.01. The maximum Gasteiger partial charge on any atom is 0.0893 e. The zero-order chi connectivity index (χ0) is 12.9.